The molecule has 1 unspecified atom stereocenters. The van der Waals surface area contributed by atoms with Crippen LogP contribution in [-0.2, 0) is 6.42 Å². The largest absolute Gasteiger partial charge is 0.382 e. The fourth-order valence-electron chi connectivity index (χ4n) is 1.89. The van der Waals surface area contributed by atoms with E-state index in [0.29, 0.717) is 6.04 Å². The first-order valence-corrected chi connectivity index (χ1v) is 7.78. The highest BCUT2D eigenvalue weighted by Crippen LogP contribution is 2.23. The highest BCUT2D eigenvalue weighted by Gasteiger charge is 2.04. The van der Waals surface area contributed by atoms with Gasteiger partial charge in [-0.25, -0.2) is 0 Å². The van der Waals surface area contributed by atoms with Crippen LogP contribution in [0.25, 0.3) is 0 Å². The lowest BCUT2D eigenvalue weighted by atomic mass is 10.1. The molecule has 94 valence electrons. The SMILES string of the molecule is CC(Cc1ccccc1)Nc1ccc(I)c(Br)c1. The molecule has 0 bridgehead atoms. The van der Waals surface area contributed by atoms with Crippen molar-refractivity contribution < 1.29 is 0 Å². The quantitative estimate of drug-likeness (QED) is 0.685. The molecule has 0 saturated heterocycles. The van der Waals surface area contributed by atoms with Crippen molar-refractivity contribution in [3.05, 3.63) is 62.1 Å². The van der Waals surface area contributed by atoms with Crippen LogP contribution in [0.2, 0.25) is 0 Å². The van der Waals surface area contributed by atoms with Crippen molar-refractivity contribution in [2.24, 2.45) is 0 Å². The summed E-state index contributed by atoms with van der Waals surface area (Å²) in [4.78, 5) is 0. The van der Waals surface area contributed by atoms with Crippen molar-refractivity contribution >= 4 is 44.2 Å². The van der Waals surface area contributed by atoms with Crippen LogP contribution < -0.4 is 5.32 Å². The average Bonchev–Trinajstić information content (AvgIpc) is 2.35. The van der Waals surface area contributed by atoms with E-state index in [2.05, 4.69) is 99.3 Å². The van der Waals surface area contributed by atoms with Crippen LogP contribution in [-0.4, -0.2) is 6.04 Å². The predicted octanol–water partition coefficient (Wildman–Crippen LogP) is 5.10. The maximum Gasteiger partial charge on any atom is 0.0354 e. The molecule has 0 aliphatic rings. The van der Waals surface area contributed by atoms with Gasteiger partial charge in [0, 0.05) is 19.8 Å². The number of rotatable bonds is 4. The lowest BCUT2D eigenvalue weighted by molar-refractivity contribution is 0.790. The maximum atomic E-state index is 3.56. The number of benzene rings is 2. The predicted molar refractivity (Wildman–Crippen MR) is 90.1 cm³/mol. The van der Waals surface area contributed by atoms with Crippen LogP contribution in [0.1, 0.15) is 12.5 Å². The first-order chi connectivity index (χ1) is 8.65. The zero-order valence-corrected chi connectivity index (χ0v) is 13.9. The summed E-state index contributed by atoms with van der Waals surface area (Å²) in [5, 5.41) is 3.53. The second kappa shape index (κ2) is 6.57. The maximum absolute atomic E-state index is 3.56. The molecule has 1 atom stereocenters. The van der Waals surface area contributed by atoms with Crippen LogP contribution in [0.3, 0.4) is 0 Å². The minimum atomic E-state index is 0.416. The lowest BCUT2D eigenvalue weighted by Gasteiger charge is -2.16. The summed E-state index contributed by atoms with van der Waals surface area (Å²) in [5.74, 6) is 0. The molecule has 0 amide bonds. The summed E-state index contributed by atoms with van der Waals surface area (Å²) < 4.78 is 2.37. The average molecular weight is 416 g/mol. The Bertz CT molecular complexity index is 513. The Morgan fingerprint density at radius 2 is 1.89 bits per heavy atom. The zero-order valence-electron chi connectivity index (χ0n) is 10.2. The summed E-state index contributed by atoms with van der Waals surface area (Å²) in [5.41, 5.74) is 2.52. The normalized spacial score (nSPS) is 12.2. The van der Waals surface area contributed by atoms with Gasteiger partial charge in [-0.05, 0) is 75.6 Å². The molecule has 0 aromatic heterocycles. The number of hydrogen-bond donors (Lipinski definition) is 1. The van der Waals surface area contributed by atoms with E-state index in [-0.39, 0.29) is 0 Å². The molecule has 3 heteroatoms. The third-order valence-electron chi connectivity index (χ3n) is 2.72. The smallest absolute Gasteiger partial charge is 0.0354 e. The molecular weight excluding hydrogens is 401 g/mol. The number of halogens is 2. The van der Waals surface area contributed by atoms with Crippen molar-refractivity contribution in [3.8, 4) is 0 Å². The Morgan fingerprint density at radius 3 is 2.56 bits per heavy atom. The molecule has 0 saturated carbocycles. The third kappa shape index (κ3) is 3.99. The summed E-state index contributed by atoms with van der Waals surface area (Å²) in [6.45, 7) is 2.21. The monoisotopic (exact) mass is 415 g/mol. The van der Waals surface area contributed by atoms with Gasteiger partial charge in [0.05, 0.1) is 0 Å². The van der Waals surface area contributed by atoms with E-state index in [9.17, 15) is 0 Å². The van der Waals surface area contributed by atoms with Gasteiger partial charge in [-0.3, -0.25) is 0 Å². The van der Waals surface area contributed by atoms with Crippen molar-refractivity contribution in [3.63, 3.8) is 0 Å². The fraction of sp³-hybridized carbons (Fsp3) is 0.200. The van der Waals surface area contributed by atoms with E-state index >= 15 is 0 Å². The number of anilines is 1. The lowest BCUT2D eigenvalue weighted by Crippen LogP contribution is -2.17. The molecule has 1 N–H and O–H groups in total. The molecule has 2 rings (SSSR count). The van der Waals surface area contributed by atoms with E-state index in [0.717, 1.165) is 16.6 Å². The van der Waals surface area contributed by atoms with Crippen molar-refractivity contribution in [1.29, 1.82) is 0 Å². The highest BCUT2D eigenvalue weighted by molar-refractivity contribution is 14.1. The first-order valence-electron chi connectivity index (χ1n) is 5.90. The molecule has 18 heavy (non-hydrogen) atoms. The van der Waals surface area contributed by atoms with Crippen LogP contribution >= 0.6 is 38.5 Å². The Morgan fingerprint density at radius 1 is 1.17 bits per heavy atom. The summed E-state index contributed by atoms with van der Waals surface area (Å²) >= 11 is 5.87. The Balaban J connectivity index is 1.99. The van der Waals surface area contributed by atoms with E-state index in [1.807, 2.05) is 0 Å². The standard InChI is InChI=1S/C15H15BrIN/c1-11(9-12-5-3-2-4-6-12)18-13-7-8-15(17)14(16)10-13/h2-8,10-11,18H,9H2,1H3. The van der Waals surface area contributed by atoms with E-state index in [1.54, 1.807) is 0 Å². The third-order valence-corrected chi connectivity index (χ3v) is 5.06. The van der Waals surface area contributed by atoms with Gasteiger partial charge in [-0.1, -0.05) is 30.3 Å². The second-order valence-corrected chi connectivity index (χ2v) is 6.38. The number of hydrogen-bond acceptors (Lipinski definition) is 1. The van der Waals surface area contributed by atoms with Gasteiger partial charge < -0.3 is 5.32 Å². The van der Waals surface area contributed by atoms with Crippen LogP contribution in [0.4, 0.5) is 5.69 Å². The fourth-order valence-corrected chi connectivity index (χ4v) is 2.60. The van der Waals surface area contributed by atoms with E-state index < -0.39 is 0 Å². The number of nitrogens with one attached hydrogen (secondary N) is 1. The van der Waals surface area contributed by atoms with Gasteiger partial charge in [-0.15, -0.1) is 0 Å². The van der Waals surface area contributed by atoms with Crippen LogP contribution in [0.5, 0.6) is 0 Å². The molecule has 0 fully saturated rings. The molecule has 1 nitrogen and oxygen atoms in total. The Kier molecular flexibility index (Phi) is 5.06. The van der Waals surface area contributed by atoms with Crippen molar-refractivity contribution in [2.75, 3.05) is 5.32 Å². The van der Waals surface area contributed by atoms with Crippen molar-refractivity contribution in [2.45, 2.75) is 19.4 Å². The van der Waals surface area contributed by atoms with E-state index in [4.69, 9.17) is 0 Å². The minimum absolute atomic E-state index is 0.416. The summed E-state index contributed by atoms with van der Waals surface area (Å²) in [6, 6.07) is 17.3. The van der Waals surface area contributed by atoms with Crippen molar-refractivity contribution in [1.82, 2.24) is 0 Å². The molecular formula is C15H15BrIN. The molecule has 0 aliphatic carbocycles. The topological polar surface area (TPSA) is 12.0 Å². The van der Waals surface area contributed by atoms with Gasteiger partial charge in [0.2, 0.25) is 0 Å². The van der Waals surface area contributed by atoms with Gasteiger partial charge in [0.1, 0.15) is 0 Å². The first kappa shape index (κ1) is 13.9. The molecule has 2 aromatic carbocycles. The molecule has 2 aromatic rings. The molecule has 0 radical (unpaired) electrons. The zero-order chi connectivity index (χ0) is 13.0. The highest BCUT2D eigenvalue weighted by atomic mass is 127. The van der Waals surface area contributed by atoms with Gasteiger partial charge >= 0.3 is 0 Å². The Labute approximate surface area is 130 Å². The molecule has 0 spiro atoms. The molecule has 0 heterocycles. The Hall–Kier alpha value is -0.550. The minimum Gasteiger partial charge on any atom is -0.382 e. The van der Waals surface area contributed by atoms with Gasteiger partial charge in [-0.2, -0.15) is 0 Å². The van der Waals surface area contributed by atoms with Gasteiger partial charge in [0.25, 0.3) is 0 Å². The van der Waals surface area contributed by atoms with E-state index in [1.165, 1.54) is 9.13 Å². The summed E-state index contributed by atoms with van der Waals surface area (Å²) in [6.07, 6.45) is 1.03. The molecule has 0 aliphatic heterocycles. The second-order valence-electron chi connectivity index (χ2n) is 4.36. The van der Waals surface area contributed by atoms with Crippen LogP contribution in [0.15, 0.2) is 53.0 Å². The summed E-state index contributed by atoms with van der Waals surface area (Å²) in [7, 11) is 0. The van der Waals surface area contributed by atoms with Gasteiger partial charge in [0.15, 0.2) is 0 Å². The van der Waals surface area contributed by atoms with Crippen LogP contribution in [0, 0.1) is 3.57 Å².